The van der Waals surface area contributed by atoms with Gasteiger partial charge in [0.25, 0.3) is 0 Å². The maximum atomic E-state index is 13.5. The Morgan fingerprint density at radius 3 is 2.41 bits per heavy atom. The molecule has 22 heavy (non-hydrogen) atoms. The van der Waals surface area contributed by atoms with E-state index in [-0.39, 0.29) is 23.6 Å². The first-order valence-electron chi connectivity index (χ1n) is 7.61. The van der Waals surface area contributed by atoms with Crippen LogP contribution in [0.4, 0.5) is 14.5 Å². The van der Waals surface area contributed by atoms with Gasteiger partial charge in [0.05, 0.1) is 17.5 Å². The summed E-state index contributed by atoms with van der Waals surface area (Å²) in [6, 6.07) is 3.20. The van der Waals surface area contributed by atoms with Gasteiger partial charge in [-0.15, -0.1) is 0 Å². The Hall–Kier alpha value is -1.98. The van der Waals surface area contributed by atoms with Crippen LogP contribution in [0.5, 0.6) is 0 Å². The number of hydrogen-bond acceptors (Lipinski definition) is 2. The Bertz CT molecular complexity index is 600. The molecule has 2 atom stereocenters. The number of carbonyl (C=O) groups excluding carboxylic acids is 2. The fourth-order valence-electron chi connectivity index (χ4n) is 2.97. The number of carbonyl (C=O) groups is 2. The van der Waals surface area contributed by atoms with Crippen molar-refractivity contribution in [3.05, 3.63) is 29.8 Å². The summed E-state index contributed by atoms with van der Waals surface area (Å²) in [5.41, 5.74) is -0.0618. The van der Waals surface area contributed by atoms with E-state index in [2.05, 4.69) is 10.6 Å². The van der Waals surface area contributed by atoms with Crippen molar-refractivity contribution in [3.8, 4) is 0 Å². The molecule has 0 aliphatic heterocycles. The van der Waals surface area contributed by atoms with E-state index in [1.807, 2.05) is 0 Å². The van der Waals surface area contributed by atoms with Crippen LogP contribution in [0, 0.1) is 23.5 Å². The van der Waals surface area contributed by atoms with Gasteiger partial charge in [-0.25, -0.2) is 8.78 Å². The third kappa shape index (κ3) is 3.26. The van der Waals surface area contributed by atoms with Crippen molar-refractivity contribution in [2.75, 3.05) is 5.32 Å². The van der Waals surface area contributed by atoms with E-state index in [1.54, 1.807) is 0 Å². The van der Waals surface area contributed by atoms with Gasteiger partial charge >= 0.3 is 0 Å². The highest BCUT2D eigenvalue weighted by molar-refractivity contribution is 5.99. The van der Waals surface area contributed by atoms with E-state index in [4.69, 9.17) is 0 Å². The molecule has 2 saturated carbocycles. The van der Waals surface area contributed by atoms with Crippen LogP contribution >= 0.6 is 0 Å². The maximum Gasteiger partial charge on any atom is 0.228 e. The number of benzene rings is 1. The van der Waals surface area contributed by atoms with Crippen molar-refractivity contribution in [2.24, 2.45) is 11.8 Å². The molecular weight excluding hydrogens is 290 g/mol. The van der Waals surface area contributed by atoms with Crippen molar-refractivity contribution in [2.45, 2.75) is 38.1 Å². The van der Waals surface area contributed by atoms with Gasteiger partial charge in [-0.05, 0) is 31.4 Å². The van der Waals surface area contributed by atoms with Crippen LogP contribution in [0.2, 0.25) is 0 Å². The van der Waals surface area contributed by atoms with Crippen LogP contribution in [0.15, 0.2) is 18.2 Å². The molecule has 2 aliphatic carbocycles. The zero-order chi connectivity index (χ0) is 15.7. The number of amides is 2. The first-order valence-corrected chi connectivity index (χ1v) is 7.61. The third-order valence-corrected chi connectivity index (χ3v) is 4.35. The first-order chi connectivity index (χ1) is 10.5. The fraction of sp³-hybridized carbons (Fsp3) is 0.500. The van der Waals surface area contributed by atoms with Crippen LogP contribution in [-0.2, 0) is 9.59 Å². The van der Waals surface area contributed by atoms with Gasteiger partial charge < -0.3 is 10.6 Å². The summed E-state index contributed by atoms with van der Waals surface area (Å²) in [7, 11) is 0. The molecule has 2 N–H and O–H groups in total. The molecule has 0 spiro atoms. The standard InChI is InChI=1S/C16H18F2N2O2/c17-9-5-6-14(13(18)7-9)20-16(22)12-8-11(12)15(21)19-10-3-1-2-4-10/h5-7,10-12H,1-4,8H2,(H,19,21)(H,20,22). The van der Waals surface area contributed by atoms with E-state index in [1.165, 1.54) is 6.07 Å². The average Bonchev–Trinajstić information content (AvgIpc) is 3.13. The Morgan fingerprint density at radius 1 is 1.05 bits per heavy atom. The average molecular weight is 308 g/mol. The second-order valence-corrected chi connectivity index (χ2v) is 6.05. The van der Waals surface area contributed by atoms with Crippen LogP contribution in [0.25, 0.3) is 0 Å². The predicted molar refractivity (Wildman–Crippen MR) is 77.0 cm³/mol. The number of anilines is 1. The highest BCUT2D eigenvalue weighted by Gasteiger charge is 2.48. The van der Waals surface area contributed by atoms with E-state index in [0.717, 1.165) is 31.7 Å². The lowest BCUT2D eigenvalue weighted by molar-refractivity contribution is -0.125. The molecule has 6 heteroatoms. The molecule has 0 radical (unpaired) electrons. The second kappa shape index (κ2) is 6.02. The Balaban J connectivity index is 1.52. The molecule has 0 heterocycles. The molecule has 2 aliphatic rings. The molecule has 0 bridgehead atoms. The molecule has 2 fully saturated rings. The lowest BCUT2D eigenvalue weighted by Crippen LogP contribution is -2.34. The smallest absolute Gasteiger partial charge is 0.228 e. The summed E-state index contributed by atoms with van der Waals surface area (Å²) in [4.78, 5) is 24.0. The van der Waals surface area contributed by atoms with E-state index in [0.29, 0.717) is 12.5 Å². The van der Waals surface area contributed by atoms with E-state index >= 15 is 0 Å². The number of nitrogens with one attached hydrogen (secondary N) is 2. The normalized spacial score (nSPS) is 24.1. The molecule has 0 aromatic heterocycles. The molecule has 0 saturated heterocycles. The summed E-state index contributed by atoms with van der Waals surface area (Å²) in [5, 5.41) is 5.38. The van der Waals surface area contributed by atoms with Crippen LogP contribution < -0.4 is 10.6 Å². The molecule has 4 nitrogen and oxygen atoms in total. The van der Waals surface area contributed by atoms with Gasteiger partial charge in [-0.1, -0.05) is 12.8 Å². The first kappa shape index (κ1) is 14.9. The lowest BCUT2D eigenvalue weighted by atomic mass is 10.2. The lowest BCUT2D eigenvalue weighted by Gasteiger charge is -2.11. The summed E-state index contributed by atoms with van der Waals surface area (Å²) in [6.07, 6.45) is 4.73. The van der Waals surface area contributed by atoms with Crippen molar-refractivity contribution in [3.63, 3.8) is 0 Å². The third-order valence-electron chi connectivity index (χ3n) is 4.35. The molecule has 3 rings (SSSR count). The van der Waals surface area contributed by atoms with E-state index in [9.17, 15) is 18.4 Å². The number of rotatable bonds is 4. The summed E-state index contributed by atoms with van der Waals surface area (Å²) < 4.78 is 26.3. The van der Waals surface area contributed by atoms with Gasteiger partial charge in [-0.3, -0.25) is 9.59 Å². The van der Waals surface area contributed by atoms with Crippen LogP contribution in [0.3, 0.4) is 0 Å². The molecule has 2 unspecified atom stereocenters. The Kier molecular flexibility index (Phi) is 4.09. The largest absolute Gasteiger partial charge is 0.353 e. The topological polar surface area (TPSA) is 58.2 Å². The minimum atomic E-state index is -0.819. The quantitative estimate of drug-likeness (QED) is 0.898. The number of halogens is 2. The summed E-state index contributed by atoms with van der Waals surface area (Å²) in [5.74, 6) is -2.75. The molecule has 118 valence electrons. The van der Waals surface area contributed by atoms with Crippen molar-refractivity contribution in [1.29, 1.82) is 0 Å². The van der Waals surface area contributed by atoms with Crippen molar-refractivity contribution in [1.82, 2.24) is 5.32 Å². The van der Waals surface area contributed by atoms with Gasteiger partial charge in [0.1, 0.15) is 11.6 Å². The monoisotopic (exact) mass is 308 g/mol. The second-order valence-electron chi connectivity index (χ2n) is 6.05. The zero-order valence-electron chi connectivity index (χ0n) is 12.1. The van der Waals surface area contributed by atoms with Gasteiger partial charge in [0.15, 0.2) is 0 Å². The fourth-order valence-corrected chi connectivity index (χ4v) is 2.97. The molecule has 2 amide bonds. The Labute approximate surface area is 127 Å². The van der Waals surface area contributed by atoms with Crippen molar-refractivity contribution >= 4 is 17.5 Å². The SMILES string of the molecule is O=C(Nc1ccc(F)cc1F)C1CC1C(=O)NC1CCCC1. The highest BCUT2D eigenvalue weighted by atomic mass is 19.1. The van der Waals surface area contributed by atoms with E-state index < -0.39 is 23.5 Å². The minimum Gasteiger partial charge on any atom is -0.353 e. The summed E-state index contributed by atoms with van der Waals surface area (Å²) >= 11 is 0. The minimum absolute atomic E-state index is 0.0618. The zero-order valence-corrected chi connectivity index (χ0v) is 12.1. The molecule has 1 aromatic rings. The van der Waals surface area contributed by atoms with Crippen LogP contribution in [-0.4, -0.2) is 17.9 Å². The van der Waals surface area contributed by atoms with Gasteiger partial charge in [0.2, 0.25) is 11.8 Å². The Morgan fingerprint density at radius 2 is 1.73 bits per heavy atom. The molecular formula is C16H18F2N2O2. The maximum absolute atomic E-state index is 13.5. The number of hydrogen-bond donors (Lipinski definition) is 2. The van der Waals surface area contributed by atoms with Crippen molar-refractivity contribution < 1.29 is 18.4 Å². The summed E-state index contributed by atoms with van der Waals surface area (Å²) in [6.45, 7) is 0. The highest BCUT2D eigenvalue weighted by Crippen LogP contribution is 2.40. The predicted octanol–water partition coefficient (Wildman–Crippen LogP) is 2.60. The van der Waals surface area contributed by atoms with Gasteiger partial charge in [-0.2, -0.15) is 0 Å². The molecule has 1 aromatic carbocycles. The van der Waals surface area contributed by atoms with Gasteiger partial charge in [0, 0.05) is 12.1 Å². The van der Waals surface area contributed by atoms with Crippen LogP contribution in [0.1, 0.15) is 32.1 Å².